The van der Waals surface area contributed by atoms with Gasteiger partial charge in [0.25, 0.3) is 0 Å². The van der Waals surface area contributed by atoms with Crippen molar-refractivity contribution in [3.05, 3.63) is 82.3 Å². The van der Waals surface area contributed by atoms with E-state index in [0.29, 0.717) is 21.5 Å². The van der Waals surface area contributed by atoms with Gasteiger partial charge >= 0.3 is 0 Å². The Bertz CT molecular complexity index is 1020. The van der Waals surface area contributed by atoms with Crippen LogP contribution in [-0.2, 0) is 0 Å². The standard InChI is InChI=1S/C20H12Cl2N2O/c21-16-4-3-5-17(22)15(16)12-23-14-10-8-13(9-11-14)20-24-18-6-1-2-7-19(18)25-20/h1-12H. The third-order valence-electron chi connectivity index (χ3n) is 3.75. The number of aliphatic imine (C=N–C) groups is 1. The summed E-state index contributed by atoms with van der Waals surface area (Å²) in [5.41, 5.74) is 4.00. The summed E-state index contributed by atoms with van der Waals surface area (Å²) in [6.45, 7) is 0. The molecule has 0 aliphatic carbocycles. The highest BCUT2D eigenvalue weighted by Crippen LogP contribution is 2.27. The number of aromatic nitrogens is 1. The number of fused-ring (bicyclic) bond motifs is 1. The lowest BCUT2D eigenvalue weighted by Crippen LogP contribution is -1.84. The molecule has 0 spiro atoms. The van der Waals surface area contributed by atoms with Gasteiger partial charge in [-0.2, -0.15) is 0 Å². The van der Waals surface area contributed by atoms with Gasteiger partial charge in [0.05, 0.1) is 15.7 Å². The van der Waals surface area contributed by atoms with Crippen molar-refractivity contribution in [2.75, 3.05) is 0 Å². The number of para-hydroxylation sites is 2. The average Bonchev–Trinajstić information content (AvgIpc) is 3.06. The van der Waals surface area contributed by atoms with Crippen LogP contribution in [-0.4, -0.2) is 11.2 Å². The highest BCUT2D eigenvalue weighted by molar-refractivity contribution is 6.38. The molecular weight excluding hydrogens is 355 g/mol. The number of hydrogen-bond acceptors (Lipinski definition) is 3. The van der Waals surface area contributed by atoms with Crippen molar-refractivity contribution >= 4 is 46.2 Å². The smallest absolute Gasteiger partial charge is 0.227 e. The molecule has 4 rings (SSSR count). The zero-order valence-electron chi connectivity index (χ0n) is 13.0. The van der Waals surface area contributed by atoms with Gasteiger partial charge in [0.2, 0.25) is 5.89 Å². The maximum absolute atomic E-state index is 6.14. The van der Waals surface area contributed by atoms with Crippen LogP contribution in [0.5, 0.6) is 0 Å². The van der Waals surface area contributed by atoms with Crippen LogP contribution >= 0.6 is 23.2 Å². The first-order valence-corrected chi connectivity index (χ1v) is 8.40. The molecule has 0 aliphatic heterocycles. The van der Waals surface area contributed by atoms with Crippen LogP contribution in [0.4, 0.5) is 5.69 Å². The van der Waals surface area contributed by atoms with E-state index in [0.717, 1.165) is 22.4 Å². The highest BCUT2D eigenvalue weighted by Gasteiger charge is 2.07. The Labute approximate surface area is 154 Å². The molecule has 1 heterocycles. The van der Waals surface area contributed by atoms with Crippen molar-refractivity contribution in [3.63, 3.8) is 0 Å². The first kappa shape index (κ1) is 15.9. The van der Waals surface area contributed by atoms with E-state index in [9.17, 15) is 0 Å². The Kier molecular flexibility index (Phi) is 4.26. The molecule has 3 aromatic carbocycles. The molecule has 0 aliphatic rings. The first-order chi connectivity index (χ1) is 12.2. The minimum atomic E-state index is 0.569. The van der Waals surface area contributed by atoms with Crippen LogP contribution in [0.1, 0.15) is 5.56 Å². The average molecular weight is 367 g/mol. The molecule has 0 saturated heterocycles. The summed E-state index contributed by atoms with van der Waals surface area (Å²) in [4.78, 5) is 8.92. The van der Waals surface area contributed by atoms with Crippen LogP contribution in [0.25, 0.3) is 22.6 Å². The Hall–Kier alpha value is -2.62. The van der Waals surface area contributed by atoms with Crippen LogP contribution in [0.3, 0.4) is 0 Å². The lowest BCUT2D eigenvalue weighted by molar-refractivity contribution is 0.620. The number of benzene rings is 3. The summed E-state index contributed by atoms with van der Waals surface area (Å²) >= 11 is 12.3. The maximum atomic E-state index is 6.14. The van der Waals surface area contributed by atoms with E-state index in [-0.39, 0.29) is 0 Å². The predicted molar refractivity (Wildman–Crippen MR) is 103 cm³/mol. The molecule has 0 atom stereocenters. The van der Waals surface area contributed by atoms with Gasteiger partial charge in [-0.15, -0.1) is 0 Å². The molecule has 0 radical (unpaired) electrons. The van der Waals surface area contributed by atoms with Crippen molar-refractivity contribution in [1.82, 2.24) is 4.98 Å². The second-order valence-corrected chi connectivity index (χ2v) is 6.24. The molecule has 3 nitrogen and oxygen atoms in total. The van der Waals surface area contributed by atoms with E-state index in [1.807, 2.05) is 48.5 Å². The van der Waals surface area contributed by atoms with Crippen LogP contribution in [0, 0.1) is 0 Å². The Balaban J connectivity index is 1.60. The molecule has 25 heavy (non-hydrogen) atoms. The summed E-state index contributed by atoms with van der Waals surface area (Å²) in [6, 6.07) is 20.7. The summed E-state index contributed by atoms with van der Waals surface area (Å²) < 4.78 is 5.77. The summed E-state index contributed by atoms with van der Waals surface area (Å²) in [5, 5.41) is 1.14. The molecule has 0 amide bonds. The van der Waals surface area contributed by atoms with Gasteiger partial charge in [0, 0.05) is 17.3 Å². The number of nitrogens with zero attached hydrogens (tertiary/aromatic N) is 2. The van der Waals surface area contributed by atoms with Crippen molar-refractivity contribution in [3.8, 4) is 11.5 Å². The fourth-order valence-corrected chi connectivity index (χ4v) is 2.95. The van der Waals surface area contributed by atoms with E-state index >= 15 is 0 Å². The van der Waals surface area contributed by atoms with Gasteiger partial charge < -0.3 is 4.42 Å². The monoisotopic (exact) mass is 366 g/mol. The minimum absolute atomic E-state index is 0.569. The number of halogens is 2. The molecule has 4 aromatic rings. The quantitative estimate of drug-likeness (QED) is 0.385. The number of hydrogen-bond donors (Lipinski definition) is 0. The van der Waals surface area contributed by atoms with Gasteiger partial charge in [0.1, 0.15) is 5.52 Å². The van der Waals surface area contributed by atoms with E-state index in [4.69, 9.17) is 27.6 Å². The molecule has 0 bridgehead atoms. The summed E-state index contributed by atoms with van der Waals surface area (Å²) in [5.74, 6) is 0.589. The van der Waals surface area contributed by atoms with E-state index in [1.54, 1.807) is 24.4 Å². The maximum Gasteiger partial charge on any atom is 0.227 e. The normalized spacial score (nSPS) is 11.4. The predicted octanol–water partition coefficient (Wildman–Crippen LogP) is 6.55. The second kappa shape index (κ2) is 6.71. The lowest BCUT2D eigenvalue weighted by Gasteiger charge is -2.01. The van der Waals surface area contributed by atoms with E-state index in [2.05, 4.69) is 9.98 Å². The molecule has 122 valence electrons. The van der Waals surface area contributed by atoms with Crippen LogP contribution < -0.4 is 0 Å². The zero-order chi connectivity index (χ0) is 17.2. The van der Waals surface area contributed by atoms with Gasteiger partial charge in [0.15, 0.2) is 5.58 Å². The molecular formula is C20H12Cl2N2O. The SMILES string of the molecule is Clc1cccc(Cl)c1C=Nc1ccc(-c2nc3ccccc3o2)cc1. The molecule has 0 unspecified atom stereocenters. The molecule has 5 heteroatoms. The Morgan fingerprint density at radius 1 is 0.840 bits per heavy atom. The fourth-order valence-electron chi connectivity index (χ4n) is 2.46. The van der Waals surface area contributed by atoms with Gasteiger partial charge in [-0.05, 0) is 48.5 Å². The third kappa shape index (κ3) is 3.29. The molecule has 0 fully saturated rings. The second-order valence-electron chi connectivity index (χ2n) is 5.43. The van der Waals surface area contributed by atoms with Crippen molar-refractivity contribution in [2.24, 2.45) is 4.99 Å². The topological polar surface area (TPSA) is 38.4 Å². The van der Waals surface area contributed by atoms with Crippen LogP contribution in [0.15, 0.2) is 76.1 Å². The molecule has 1 aromatic heterocycles. The molecule has 0 saturated carbocycles. The number of oxazole rings is 1. The van der Waals surface area contributed by atoms with Gasteiger partial charge in [-0.25, -0.2) is 4.98 Å². The van der Waals surface area contributed by atoms with E-state index in [1.165, 1.54) is 0 Å². The largest absolute Gasteiger partial charge is 0.436 e. The highest BCUT2D eigenvalue weighted by atomic mass is 35.5. The zero-order valence-corrected chi connectivity index (χ0v) is 14.5. The first-order valence-electron chi connectivity index (χ1n) is 7.65. The van der Waals surface area contributed by atoms with Crippen molar-refractivity contribution in [2.45, 2.75) is 0 Å². The van der Waals surface area contributed by atoms with Crippen molar-refractivity contribution in [1.29, 1.82) is 0 Å². The fraction of sp³-hybridized carbons (Fsp3) is 0. The summed E-state index contributed by atoms with van der Waals surface area (Å²) in [6.07, 6.45) is 1.67. The lowest BCUT2D eigenvalue weighted by atomic mass is 10.2. The Morgan fingerprint density at radius 2 is 1.56 bits per heavy atom. The third-order valence-corrected chi connectivity index (χ3v) is 4.41. The van der Waals surface area contributed by atoms with Crippen LogP contribution in [0.2, 0.25) is 10.0 Å². The number of rotatable bonds is 3. The van der Waals surface area contributed by atoms with Gasteiger partial charge in [-0.3, -0.25) is 4.99 Å². The summed E-state index contributed by atoms with van der Waals surface area (Å²) in [7, 11) is 0. The molecule has 0 N–H and O–H groups in total. The minimum Gasteiger partial charge on any atom is -0.436 e. The Morgan fingerprint density at radius 3 is 2.28 bits per heavy atom. The van der Waals surface area contributed by atoms with E-state index < -0.39 is 0 Å². The van der Waals surface area contributed by atoms with Gasteiger partial charge in [-0.1, -0.05) is 41.4 Å². The van der Waals surface area contributed by atoms with Crippen molar-refractivity contribution < 1.29 is 4.42 Å².